The van der Waals surface area contributed by atoms with E-state index in [1.807, 2.05) is 6.26 Å². The standard InChI is InChI=1S/C11H23NO2S/c1-5-6-7-9(10(13)14)12-8-11(2,3)15-4/h9,12H,5-8H2,1-4H3,(H,13,14). The summed E-state index contributed by atoms with van der Waals surface area (Å²) < 4.78 is 0.0971. The molecule has 0 rings (SSSR count). The van der Waals surface area contributed by atoms with Crippen molar-refractivity contribution in [2.45, 2.75) is 50.8 Å². The molecule has 90 valence electrons. The second-order valence-corrected chi connectivity index (χ2v) is 5.89. The van der Waals surface area contributed by atoms with Gasteiger partial charge in [0.1, 0.15) is 6.04 Å². The third-order valence-electron chi connectivity index (χ3n) is 2.47. The van der Waals surface area contributed by atoms with Gasteiger partial charge in [-0.1, -0.05) is 19.8 Å². The lowest BCUT2D eigenvalue weighted by Crippen LogP contribution is -2.43. The summed E-state index contributed by atoms with van der Waals surface area (Å²) in [4.78, 5) is 10.9. The molecule has 0 amide bonds. The van der Waals surface area contributed by atoms with Crippen LogP contribution >= 0.6 is 11.8 Å². The van der Waals surface area contributed by atoms with Crippen molar-refractivity contribution in [1.29, 1.82) is 0 Å². The monoisotopic (exact) mass is 233 g/mol. The van der Waals surface area contributed by atoms with Crippen LogP contribution < -0.4 is 5.32 Å². The first-order valence-corrected chi connectivity index (χ1v) is 6.66. The average Bonchev–Trinajstić information content (AvgIpc) is 2.17. The summed E-state index contributed by atoms with van der Waals surface area (Å²) in [6.07, 6.45) is 4.76. The molecule has 0 radical (unpaired) electrons. The van der Waals surface area contributed by atoms with Crippen LogP contribution in [0.4, 0.5) is 0 Å². The molecule has 0 fully saturated rings. The first kappa shape index (κ1) is 14.8. The van der Waals surface area contributed by atoms with Crippen molar-refractivity contribution in [2.75, 3.05) is 12.8 Å². The van der Waals surface area contributed by atoms with Crippen molar-refractivity contribution in [3.8, 4) is 0 Å². The highest BCUT2D eigenvalue weighted by atomic mass is 32.2. The quantitative estimate of drug-likeness (QED) is 0.676. The summed E-state index contributed by atoms with van der Waals surface area (Å²) >= 11 is 1.75. The number of hydrogen-bond acceptors (Lipinski definition) is 3. The summed E-state index contributed by atoms with van der Waals surface area (Å²) in [5.74, 6) is -0.736. The smallest absolute Gasteiger partial charge is 0.320 e. The second-order valence-electron chi connectivity index (χ2n) is 4.38. The third kappa shape index (κ3) is 6.79. The van der Waals surface area contributed by atoms with Crippen molar-refractivity contribution < 1.29 is 9.90 Å². The number of carbonyl (C=O) groups is 1. The number of thioether (sulfide) groups is 1. The van der Waals surface area contributed by atoms with Crippen LogP contribution in [0.15, 0.2) is 0 Å². The fourth-order valence-electron chi connectivity index (χ4n) is 1.16. The van der Waals surface area contributed by atoms with Crippen molar-refractivity contribution in [1.82, 2.24) is 5.32 Å². The molecule has 4 heteroatoms. The second kappa shape index (κ2) is 7.12. The largest absolute Gasteiger partial charge is 0.480 e. The first-order chi connectivity index (χ1) is 6.93. The Morgan fingerprint density at radius 3 is 2.53 bits per heavy atom. The van der Waals surface area contributed by atoms with Crippen LogP contribution in [0.2, 0.25) is 0 Å². The lowest BCUT2D eigenvalue weighted by Gasteiger charge is -2.25. The molecule has 0 saturated heterocycles. The first-order valence-electron chi connectivity index (χ1n) is 5.44. The van der Waals surface area contributed by atoms with Crippen LogP contribution in [-0.4, -0.2) is 34.7 Å². The Bertz CT molecular complexity index is 195. The van der Waals surface area contributed by atoms with Gasteiger partial charge < -0.3 is 10.4 Å². The van der Waals surface area contributed by atoms with Gasteiger partial charge in [-0.05, 0) is 26.5 Å². The number of unbranched alkanes of at least 4 members (excludes halogenated alkanes) is 1. The number of rotatable bonds is 8. The SMILES string of the molecule is CCCCC(NCC(C)(C)SC)C(=O)O. The van der Waals surface area contributed by atoms with Crippen LogP contribution in [0.1, 0.15) is 40.0 Å². The molecule has 0 saturated carbocycles. The summed E-state index contributed by atoms with van der Waals surface area (Å²) in [7, 11) is 0. The zero-order valence-corrected chi connectivity index (χ0v) is 11.0. The Labute approximate surface area is 97.0 Å². The number of carboxylic acids is 1. The zero-order chi connectivity index (χ0) is 11.9. The number of aliphatic carboxylic acids is 1. The summed E-state index contributed by atoms with van der Waals surface area (Å²) in [6, 6.07) is -0.392. The maximum absolute atomic E-state index is 10.9. The minimum atomic E-state index is -0.736. The third-order valence-corrected chi connectivity index (χ3v) is 3.72. The van der Waals surface area contributed by atoms with E-state index in [0.29, 0.717) is 0 Å². The topological polar surface area (TPSA) is 49.3 Å². The van der Waals surface area contributed by atoms with E-state index in [0.717, 1.165) is 25.8 Å². The molecule has 0 aromatic rings. The Kier molecular flexibility index (Phi) is 7.02. The minimum Gasteiger partial charge on any atom is -0.480 e. The number of nitrogens with one attached hydrogen (secondary N) is 1. The van der Waals surface area contributed by atoms with Crippen LogP contribution in [0.5, 0.6) is 0 Å². The van der Waals surface area contributed by atoms with Gasteiger partial charge in [0.2, 0.25) is 0 Å². The van der Waals surface area contributed by atoms with Crippen molar-refractivity contribution in [2.24, 2.45) is 0 Å². The highest BCUT2D eigenvalue weighted by Crippen LogP contribution is 2.20. The van der Waals surface area contributed by atoms with E-state index in [-0.39, 0.29) is 4.75 Å². The highest BCUT2D eigenvalue weighted by Gasteiger charge is 2.21. The van der Waals surface area contributed by atoms with E-state index in [1.165, 1.54) is 0 Å². The molecule has 1 unspecified atom stereocenters. The Morgan fingerprint density at radius 1 is 1.53 bits per heavy atom. The molecule has 0 aliphatic heterocycles. The Morgan fingerprint density at radius 2 is 2.13 bits per heavy atom. The van der Waals surface area contributed by atoms with Gasteiger partial charge in [-0.25, -0.2) is 0 Å². The number of carboxylic acid groups (broad SMARTS) is 1. The fraction of sp³-hybridized carbons (Fsp3) is 0.909. The fourth-order valence-corrected chi connectivity index (χ4v) is 1.39. The lowest BCUT2D eigenvalue weighted by molar-refractivity contribution is -0.139. The molecule has 0 aromatic heterocycles. The zero-order valence-electron chi connectivity index (χ0n) is 10.2. The predicted octanol–water partition coefficient (Wildman–Crippen LogP) is 2.36. The van der Waals surface area contributed by atoms with E-state index in [9.17, 15) is 4.79 Å². The molecule has 1 atom stereocenters. The van der Waals surface area contributed by atoms with E-state index in [4.69, 9.17) is 5.11 Å². The predicted molar refractivity (Wildman–Crippen MR) is 66.5 cm³/mol. The molecule has 15 heavy (non-hydrogen) atoms. The van der Waals surface area contributed by atoms with E-state index in [1.54, 1.807) is 11.8 Å². The normalized spacial score (nSPS) is 13.9. The van der Waals surface area contributed by atoms with Crippen molar-refractivity contribution >= 4 is 17.7 Å². The van der Waals surface area contributed by atoms with Crippen molar-refractivity contribution in [3.05, 3.63) is 0 Å². The van der Waals surface area contributed by atoms with E-state index >= 15 is 0 Å². The Balaban J connectivity index is 4.01. The molecular weight excluding hydrogens is 210 g/mol. The molecule has 0 aliphatic carbocycles. The van der Waals surface area contributed by atoms with Crippen LogP contribution in [0, 0.1) is 0 Å². The van der Waals surface area contributed by atoms with Crippen LogP contribution in [0.25, 0.3) is 0 Å². The maximum Gasteiger partial charge on any atom is 0.320 e. The lowest BCUT2D eigenvalue weighted by atomic mass is 10.1. The van der Waals surface area contributed by atoms with Gasteiger partial charge >= 0.3 is 5.97 Å². The molecular formula is C11H23NO2S. The van der Waals surface area contributed by atoms with Gasteiger partial charge in [0.15, 0.2) is 0 Å². The van der Waals surface area contributed by atoms with Gasteiger partial charge in [0, 0.05) is 11.3 Å². The summed E-state index contributed by atoms with van der Waals surface area (Å²) in [5, 5.41) is 12.1. The number of hydrogen-bond donors (Lipinski definition) is 2. The van der Waals surface area contributed by atoms with Gasteiger partial charge in [-0.3, -0.25) is 4.79 Å². The van der Waals surface area contributed by atoms with E-state index < -0.39 is 12.0 Å². The maximum atomic E-state index is 10.9. The molecule has 0 heterocycles. The highest BCUT2D eigenvalue weighted by molar-refractivity contribution is 7.99. The van der Waals surface area contributed by atoms with Gasteiger partial charge in [0.25, 0.3) is 0 Å². The molecule has 0 aliphatic rings. The average molecular weight is 233 g/mol. The van der Waals surface area contributed by atoms with Crippen LogP contribution in [-0.2, 0) is 4.79 Å². The molecule has 0 spiro atoms. The molecule has 3 nitrogen and oxygen atoms in total. The molecule has 2 N–H and O–H groups in total. The van der Waals surface area contributed by atoms with Gasteiger partial charge in [-0.2, -0.15) is 11.8 Å². The Hall–Kier alpha value is -0.220. The molecule has 0 aromatic carbocycles. The summed E-state index contributed by atoms with van der Waals surface area (Å²) in [5.41, 5.74) is 0. The van der Waals surface area contributed by atoms with Gasteiger partial charge in [0.05, 0.1) is 0 Å². The van der Waals surface area contributed by atoms with E-state index in [2.05, 4.69) is 26.1 Å². The minimum absolute atomic E-state index is 0.0971. The molecule has 0 bridgehead atoms. The van der Waals surface area contributed by atoms with Gasteiger partial charge in [-0.15, -0.1) is 0 Å². The van der Waals surface area contributed by atoms with Crippen LogP contribution in [0.3, 0.4) is 0 Å². The van der Waals surface area contributed by atoms with Crippen molar-refractivity contribution in [3.63, 3.8) is 0 Å². The summed E-state index contributed by atoms with van der Waals surface area (Å²) in [6.45, 7) is 7.03.